The summed E-state index contributed by atoms with van der Waals surface area (Å²) < 4.78 is 35.5. The topological polar surface area (TPSA) is 93.2 Å². The van der Waals surface area contributed by atoms with Crippen LogP contribution in [0.1, 0.15) is 12.0 Å². The molecule has 0 unspecified atom stereocenters. The lowest BCUT2D eigenvalue weighted by Gasteiger charge is -2.31. The van der Waals surface area contributed by atoms with E-state index < -0.39 is 22.0 Å². The van der Waals surface area contributed by atoms with E-state index in [-0.39, 0.29) is 11.3 Å². The summed E-state index contributed by atoms with van der Waals surface area (Å²) in [6.07, 6.45) is 8.99. The van der Waals surface area contributed by atoms with Crippen LogP contribution in [0.3, 0.4) is 0 Å². The van der Waals surface area contributed by atoms with Crippen molar-refractivity contribution in [1.82, 2.24) is 0 Å². The summed E-state index contributed by atoms with van der Waals surface area (Å²) in [7, 11) is -1.00. The van der Waals surface area contributed by atoms with Crippen molar-refractivity contribution in [2.75, 3.05) is 36.2 Å². The van der Waals surface area contributed by atoms with Crippen molar-refractivity contribution in [3.8, 4) is 0 Å². The minimum atomic E-state index is -3.45. The van der Waals surface area contributed by atoms with Crippen LogP contribution in [0.5, 0.6) is 0 Å². The minimum Gasteiger partial charge on any atom is -0.465 e. The van der Waals surface area contributed by atoms with Crippen LogP contribution in [0.4, 0.5) is 11.4 Å². The van der Waals surface area contributed by atoms with Crippen LogP contribution in [0.25, 0.3) is 0 Å². The minimum absolute atomic E-state index is 0.0222. The van der Waals surface area contributed by atoms with E-state index in [1.54, 1.807) is 30.5 Å². The van der Waals surface area contributed by atoms with Crippen molar-refractivity contribution in [1.29, 1.82) is 0 Å². The molecule has 2 heterocycles. The maximum atomic E-state index is 12.5. The predicted octanol–water partition coefficient (Wildman–Crippen LogP) is 1.89. The van der Waals surface area contributed by atoms with Gasteiger partial charge in [0.15, 0.2) is 0 Å². The van der Waals surface area contributed by atoms with Gasteiger partial charge in [0.05, 0.1) is 31.7 Å². The number of sulfonamides is 1. The molecule has 0 fully saturated rings. The number of aryl methyl sites for hydroxylation is 1. The van der Waals surface area contributed by atoms with Gasteiger partial charge in [-0.25, -0.2) is 18.0 Å². The number of rotatable bonds is 4. The van der Waals surface area contributed by atoms with Crippen LogP contribution in [-0.2, 0) is 35.5 Å². The fraction of sp³-hybridized carbons (Fsp3) is 0.300. The number of esters is 2. The average Bonchev–Trinajstić information content (AvgIpc) is 2.94. The van der Waals surface area contributed by atoms with Crippen LogP contribution in [0.2, 0.25) is 0 Å². The number of ether oxygens (including phenoxy) is 2. The first-order valence-electron chi connectivity index (χ1n) is 8.93. The first-order chi connectivity index (χ1) is 13.8. The zero-order valence-electron chi connectivity index (χ0n) is 16.4. The van der Waals surface area contributed by atoms with E-state index in [1.165, 1.54) is 35.8 Å². The Morgan fingerprint density at radius 3 is 2.45 bits per heavy atom. The van der Waals surface area contributed by atoms with E-state index in [2.05, 4.69) is 0 Å². The van der Waals surface area contributed by atoms with E-state index in [0.29, 0.717) is 17.9 Å². The lowest BCUT2D eigenvalue weighted by Crippen LogP contribution is -2.35. The smallest absolute Gasteiger partial charge is 0.355 e. The predicted molar refractivity (Wildman–Crippen MR) is 109 cm³/mol. The van der Waals surface area contributed by atoms with Crippen molar-refractivity contribution in [3.05, 3.63) is 59.5 Å². The third-order valence-corrected chi connectivity index (χ3v) is 5.89. The molecule has 154 valence electrons. The maximum Gasteiger partial charge on any atom is 0.355 e. The van der Waals surface area contributed by atoms with Gasteiger partial charge in [-0.2, -0.15) is 0 Å². The van der Waals surface area contributed by atoms with Gasteiger partial charge in [0.1, 0.15) is 5.70 Å². The van der Waals surface area contributed by atoms with Gasteiger partial charge in [-0.05, 0) is 42.7 Å². The van der Waals surface area contributed by atoms with Crippen LogP contribution >= 0.6 is 0 Å². The monoisotopic (exact) mass is 418 g/mol. The number of fused-ring (bicyclic) bond motifs is 1. The Morgan fingerprint density at radius 1 is 1.07 bits per heavy atom. The molecule has 9 heteroatoms. The second-order valence-electron chi connectivity index (χ2n) is 6.57. The van der Waals surface area contributed by atoms with Crippen molar-refractivity contribution in [3.63, 3.8) is 0 Å². The molecule has 2 aliphatic rings. The van der Waals surface area contributed by atoms with E-state index >= 15 is 0 Å². The third-order valence-electron chi connectivity index (χ3n) is 4.71. The largest absolute Gasteiger partial charge is 0.465 e. The number of carbonyl (C=O) groups is 2. The van der Waals surface area contributed by atoms with Crippen molar-refractivity contribution in [2.24, 2.45) is 0 Å². The molecule has 0 aromatic heterocycles. The molecule has 1 aromatic carbocycles. The van der Waals surface area contributed by atoms with Gasteiger partial charge in [0.25, 0.3) is 0 Å². The highest BCUT2D eigenvalue weighted by Gasteiger charge is 2.29. The van der Waals surface area contributed by atoms with Crippen molar-refractivity contribution >= 4 is 33.3 Å². The maximum absolute atomic E-state index is 12.5. The molecule has 29 heavy (non-hydrogen) atoms. The number of anilines is 2. The summed E-state index contributed by atoms with van der Waals surface area (Å²) in [6, 6.07) is 5.31. The Labute approximate surface area is 169 Å². The molecular weight excluding hydrogens is 396 g/mol. The molecule has 0 bridgehead atoms. The van der Waals surface area contributed by atoms with Crippen LogP contribution in [0.15, 0.2) is 53.9 Å². The Morgan fingerprint density at radius 2 is 1.79 bits per heavy atom. The number of methoxy groups -OCH3 is 2. The molecule has 0 saturated carbocycles. The molecule has 0 amide bonds. The molecule has 1 aromatic rings. The van der Waals surface area contributed by atoms with Crippen molar-refractivity contribution < 1.29 is 27.5 Å². The lowest BCUT2D eigenvalue weighted by molar-refractivity contribution is -0.139. The van der Waals surface area contributed by atoms with Gasteiger partial charge in [-0.1, -0.05) is 12.1 Å². The first kappa shape index (κ1) is 20.7. The fourth-order valence-corrected chi connectivity index (χ4v) is 4.38. The van der Waals surface area contributed by atoms with E-state index in [4.69, 9.17) is 9.47 Å². The molecular formula is C20H22N2O6S. The molecule has 0 N–H and O–H groups in total. The Balaban J connectivity index is 2.18. The molecule has 0 radical (unpaired) electrons. The SMILES string of the molecule is COC(=O)C1=C(C(=O)OC)N(c2ccc3c(c2)N(S(C)(=O)=O)CCC3)C=CC=C1. The number of nitrogens with zero attached hydrogens (tertiary/aromatic N) is 2. The van der Waals surface area contributed by atoms with Gasteiger partial charge in [-0.3, -0.25) is 4.31 Å². The molecule has 3 rings (SSSR count). The summed E-state index contributed by atoms with van der Waals surface area (Å²) in [6.45, 7) is 0.389. The second-order valence-corrected chi connectivity index (χ2v) is 8.47. The van der Waals surface area contributed by atoms with Crippen LogP contribution in [0, 0.1) is 0 Å². The number of allylic oxidation sites excluding steroid dienone is 2. The zero-order chi connectivity index (χ0) is 21.2. The standard InChI is InChI=1S/C20H22N2O6S/c1-27-19(23)16-8-4-5-11-21(18(16)20(24)28-2)15-10-9-14-7-6-12-22(17(14)13-15)29(3,25)26/h4-5,8-11,13H,6-7,12H2,1-3H3. The van der Waals surface area contributed by atoms with Gasteiger partial charge >= 0.3 is 11.9 Å². The molecule has 2 aliphatic heterocycles. The first-order valence-corrected chi connectivity index (χ1v) is 10.8. The van der Waals surface area contributed by atoms with Crippen LogP contribution in [-0.4, -0.2) is 47.4 Å². The third kappa shape index (κ3) is 4.04. The second kappa shape index (κ2) is 8.12. The Bertz CT molecular complexity index is 1040. The molecule has 0 aliphatic carbocycles. The number of benzene rings is 1. The summed E-state index contributed by atoms with van der Waals surface area (Å²) in [5.41, 5.74) is 1.99. The van der Waals surface area contributed by atoms with Crippen molar-refractivity contribution in [2.45, 2.75) is 12.8 Å². The van der Waals surface area contributed by atoms with Crippen LogP contribution < -0.4 is 9.21 Å². The molecule has 0 atom stereocenters. The van der Waals surface area contributed by atoms with E-state index in [1.807, 2.05) is 6.07 Å². The summed E-state index contributed by atoms with van der Waals surface area (Å²) in [5, 5.41) is 0. The lowest BCUT2D eigenvalue weighted by atomic mass is 10.0. The highest BCUT2D eigenvalue weighted by Crippen LogP contribution is 2.35. The highest BCUT2D eigenvalue weighted by atomic mass is 32.2. The summed E-state index contributed by atoms with van der Waals surface area (Å²) >= 11 is 0. The number of carbonyl (C=O) groups excluding carboxylic acids is 2. The zero-order valence-corrected chi connectivity index (χ0v) is 17.2. The normalized spacial score (nSPS) is 16.4. The van der Waals surface area contributed by atoms with Gasteiger partial charge < -0.3 is 14.4 Å². The van der Waals surface area contributed by atoms with Gasteiger partial charge in [0.2, 0.25) is 10.0 Å². The Hall–Kier alpha value is -3.07. The van der Waals surface area contributed by atoms with Gasteiger partial charge in [0, 0.05) is 18.4 Å². The quantitative estimate of drug-likeness (QED) is 0.690. The van der Waals surface area contributed by atoms with E-state index in [9.17, 15) is 18.0 Å². The van der Waals surface area contributed by atoms with E-state index in [0.717, 1.165) is 18.4 Å². The average molecular weight is 418 g/mol. The fourth-order valence-electron chi connectivity index (χ4n) is 3.39. The number of hydrogen-bond donors (Lipinski definition) is 0. The molecule has 0 spiro atoms. The molecule has 0 saturated heterocycles. The summed E-state index contributed by atoms with van der Waals surface area (Å²) in [5.74, 6) is -1.41. The van der Waals surface area contributed by atoms with Gasteiger partial charge in [-0.15, -0.1) is 0 Å². The summed E-state index contributed by atoms with van der Waals surface area (Å²) in [4.78, 5) is 26.3. The molecule has 8 nitrogen and oxygen atoms in total. The Kier molecular flexibility index (Phi) is 5.78. The highest BCUT2D eigenvalue weighted by molar-refractivity contribution is 7.92. The number of hydrogen-bond acceptors (Lipinski definition) is 7.